The number of nitrogens with zero attached hydrogens (tertiary/aromatic N) is 3. The second-order valence-electron chi connectivity index (χ2n) is 6.64. The van der Waals surface area contributed by atoms with Crippen LogP contribution >= 0.6 is 11.3 Å². The molecule has 3 aromatic rings. The number of hydrogen-bond donors (Lipinski definition) is 0. The Labute approximate surface area is 174 Å². The average Bonchev–Trinajstić information content (AvgIpc) is 3.17. The Kier molecular flexibility index (Phi) is 5.51. The molecule has 1 saturated heterocycles. The van der Waals surface area contributed by atoms with Gasteiger partial charge in [0, 0.05) is 49.3 Å². The molecule has 0 amide bonds. The largest absolute Gasteiger partial charge is 0.345 e. The van der Waals surface area contributed by atoms with E-state index in [1.54, 1.807) is 5.38 Å². The van der Waals surface area contributed by atoms with Crippen LogP contribution in [0.5, 0.6) is 0 Å². The summed E-state index contributed by atoms with van der Waals surface area (Å²) >= 11 is 1.27. The standard InChI is InChI=1S/C19H15F4N3O2S2/c20-13-1-2-18(16(23)10-13)30(27,28)26-5-3-25(4-6-26)19-24-17(11-29-19)12-7-14(21)9-15(22)8-12/h1-2,7-11H,3-6H2. The average molecular weight is 457 g/mol. The van der Waals surface area contributed by atoms with Crippen LogP contribution in [0.2, 0.25) is 0 Å². The molecule has 0 atom stereocenters. The van der Waals surface area contributed by atoms with E-state index >= 15 is 0 Å². The van der Waals surface area contributed by atoms with Gasteiger partial charge in [0.05, 0.1) is 5.69 Å². The predicted octanol–water partition coefficient (Wildman–Crippen LogP) is 3.88. The molecule has 2 aromatic carbocycles. The minimum Gasteiger partial charge on any atom is -0.345 e. The Morgan fingerprint density at radius 3 is 2.17 bits per heavy atom. The van der Waals surface area contributed by atoms with Gasteiger partial charge in [-0.2, -0.15) is 4.31 Å². The molecule has 0 aliphatic carbocycles. The molecular formula is C19H15F4N3O2S2. The van der Waals surface area contributed by atoms with Crippen LogP contribution in [0.4, 0.5) is 22.7 Å². The summed E-state index contributed by atoms with van der Waals surface area (Å²) < 4.78 is 80.4. The van der Waals surface area contributed by atoms with E-state index in [2.05, 4.69) is 4.98 Å². The predicted molar refractivity (Wildman–Crippen MR) is 105 cm³/mol. The lowest BCUT2D eigenvalue weighted by Crippen LogP contribution is -2.48. The first-order valence-corrected chi connectivity index (χ1v) is 11.2. The molecule has 2 heterocycles. The van der Waals surface area contributed by atoms with Crippen LogP contribution in [0.25, 0.3) is 11.3 Å². The van der Waals surface area contributed by atoms with Gasteiger partial charge in [0.15, 0.2) is 5.13 Å². The second kappa shape index (κ2) is 7.97. The molecule has 1 fully saturated rings. The lowest BCUT2D eigenvalue weighted by atomic mass is 10.1. The van der Waals surface area contributed by atoms with E-state index in [9.17, 15) is 26.0 Å². The number of benzene rings is 2. The molecule has 1 aliphatic rings. The molecule has 0 saturated carbocycles. The normalized spacial score (nSPS) is 15.5. The summed E-state index contributed by atoms with van der Waals surface area (Å²) in [5.41, 5.74) is 0.722. The van der Waals surface area contributed by atoms with Crippen LogP contribution in [0, 0.1) is 23.3 Å². The summed E-state index contributed by atoms with van der Waals surface area (Å²) in [6.45, 7) is 0.768. The van der Waals surface area contributed by atoms with Crippen molar-refractivity contribution >= 4 is 26.5 Å². The van der Waals surface area contributed by atoms with Gasteiger partial charge in [0.25, 0.3) is 0 Å². The van der Waals surface area contributed by atoms with Gasteiger partial charge in [-0.3, -0.25) is 0 Å². The minimum absolute atomic E-state index is 0.0860. The van der Waals surface area contributed by atoms with Gasteiger partial charge in [0.1, 0.15) is 28.2 Å². The Hall–Kier alpha value is -2.50. The van der Waals surface area contributed by atoms with Gasteiger partial charge in [-0.15, -0.1) is 11.3 Å². The summed E-state index contributed by atoms with van der Waals surface area (Å²) in [5.74, 6) is -3.39. The summed E-state index contributed by atoms with van der Waals surface area (Å²) in [7, 11) is -4.10. The monoisotopic (exact) mass is 457 g/mol. The van der Waals surface area contributed by atoms with Crippen molar-refractivity contribution in [1.29, 1.82) is 0 Å². The maximum atomic E-state index is 13.9. The second-order valence-corrected chi connectivity index (χ2v) is 9.38. The first-order valence-electron chi connectivity index (χ1n) is 8.86. The number of hydrogen-bond acceptors (Lipinski definition) is 5. The van der Waals surface area contributed by atoms with Crippen LogP contribution in [0.15, 0.2) is 46.7 Å². The summed E-state index contributed by atoms with van der Waals surface area (Å²) in [5, 5.41) is 2.25. The van der Waals surface area contributed by atoms with E-state index in [1.807, 2.05) is 4.90 Å². The summed E-state index contributed by atoms with van der Waals surface area (Å²) in [4.78, 5) is 5.67. The molecule has 0 spiro atoms. The molecule has 4 rings (SSSR count). The summed E-state index contributed by atoms with van der Waals surface area (Å²) in [6, 6.07) is 5.50. The fourth-order valence-corrected chi connectivity index (χ4v) is 5.54. The van der Waals surface area contributed by atoms with Gasteiger partial charge in [-0.1, -0.05) is 0 Å². The van der Waals surface area contributed by atoms with Crippen LogP contribution in [0.3, 0.4) is 0 Å². The number of sulfonamides is 1. The highest BCUT2D eigenvalue weighted by molar-refractivity contribution is 7.89. The third-order valence-corrected chi connectivity index (χ3v) is 7.50. The van der Waals surface area contributed by atoms with Gasteiger partial charge in [-0.05, 0) is 24.3 Å². The zero-order valence-electron chi connectivity index (χ0n) is 15.4. The lowest BCUT2D eigenvalue weighted by Gasteiger charge is -2.33. The van der Waals surface area contributed by atoms with Crippen molar-refractivity contribution in [3.63, 3.8) is 0 Å². The highest BCUT2D eigenvalue weighted by Crippen LogP contribution is 2.30. The SMILES string of the molecule is O=S(=O)(c1ccc(F)cc1F)N1CCN(c2nc(-c3cc(F)cc(F)c3)cs2)CC1. The third-order valence-electron chi connectivity index (χ3n) is 4.67. The van der Waals surface area contributed by atoms with Gasteiger partial charge < -0.3 is 4.90 Å². The van der Waals surface area contributed by atoms with E-state index in [-0.39, 0.29) is 13.1 Å². The number of piperazine rings is 1. The van der Waals surface area contributed by atoms with Crippen LogP contribution < -0.4 is 4.90 Å². The summed E-state index contributed by atoms with van der Waals surface area (Å²) in [6.07, 6.45) is 0. The number of rotatable bonds is 4. The first-order chi connectivity index (χ1) is 14.2. The van der Waals surface area contributed by atoms with E-state index in [4.69, 9.17) is 0 Å². The molecule has 1 aromatic heterocycles. The number of thiazole rings is 1. The molecular weight excluding hydrogens is 442 g/mol. The minimum atomic E-state index is -4.10. The fraction of sp³-hybridized carbons (Fsp3) is 0.211. The Morgan fingerprint density at radius 2 is 1.53 bits per heavy atom. The van der Waals surface area contributed by atoms with Crippen molar-refractivity contribution in [3.8, 4) is 11.3 Å². The quantitative estimate of drug-likeness (QED) is 0.558. The Bertz CT molecular complexity index is 1170. The smallest absolute Gasteiger partial charge is 0.246 e. The molecule has 0 bridgehead atoms. The van der Waals surface area contributed by atoms with E-state index < -0.39 is 38.2 Å². The number of anilines is 1. The van der Waals surface area contributed by atoms with E-state index in [0.29, 0.717) is 35.5 Å². The lowest BCUT2D eigenvalue weighted by molar-refractivity contribution is 0.382. The van der Waals surface area contributed by atoms with Crippen molar-refractivity contribution in [2.75, 3.05) is 31.1 Å². The van der Waals surface area contributed by atoms with E-state index in [0.717, 1.165) is 22.5 Å². The molecule has 5 nitrogen and oxygen atoms in total. The van der Waals surface area contributed by atoms with Crippen LogP contribution in [-0.2, 0) is 10.0 Å². The van der Waals surface area contributed by atoms with Crippen molar-refractivity contribution in [2.24, 2.45) is 0 Å². The molecule has 0 N–H and O–H groups in total. The maximum Gasteiger partial charge on any atom is 0.246 e. The zero-order valence-corrected chi connectivity index (χ0v) is 17.0. The highest BCUT2D eigenvalue weighted by Gasteiger charge is 2.31. The van der Waals surface area contributed by atoms with Crippen molar-refractivity contribution in [2.45, 2.75) is 4.90 Å². The molecule has 158 valence electrons. The van der Waals surface area contributed by atoms with Gasteiger partial charge >= 0.3 is 0 Å². The van der Waals surface area contributed by atoms with Gasteiger partial charge in [0.2, 0.25) is 10.0 Å². The molecule has 0 radical (unpaired) electrons. The maximum absolute atomic E-state index is 13.9. The molecule has 0 unspecified atom stereocenters. The number of halogens is 4. The zero-order chi connectivity index (χ0) is 21.5. The highest BCUT2D eigenvalue weighted by atomic mass is 32.2. The van der Waals surface area contributed by atoms with Crippen LogP contribution in [-0.4, -0.2) is 43.9 Å². The molecule has 1 aliphatic heterocycles. The third kappa shape index (κ3) is 4.05. The Balaban J connectivity index is 1.48. The van der Waals surface area contributed by atoms with Crippen LogP contribution in [0.1, 0.15) is 0 Å². The molecule has 11 heteroatoms. The topological polar surface area (TPSA) is 53.5 Å². The van der Waals surface area contributed by atoms with Crippen molar-refractivity contribution in [3.05, 3.63) is 65.0 Å². The Morgan fingerprint density at radius 1 is 0.867 bits per heavy atom. The van der Waals surface area contributed by atoms with Crippen molar-refractivity contribution in [1.82, 2.24) is 9.29 Å². The molecule has 30 heavy (non-hydrogen) atoms. The number of aromatic nitrogens is 1. The van der Waals surface area contributed by atoms with Gasteiger partial charge in [-0.25, -0.2) is 31.0 Å². The fourth-order valence-electron chi connectivity index (χ4n) is 3.19. The van der Waals surface area contributed by atoms with Crippen molar-refractivity contribution < 1.29 is 26.0 Å². The first kappa shape index (κ1) is 20.8. The van der Waals surface area contributed by atoms with E-state index in [1.165, 1.54) is 23.5 Å².